The van der Waals surface area contributed by atoms with E-state index in [9.17, 15) is 4.79 Å². The molecule has 170 valence electrons. The van der Waals surface area contributed by atoms with Crippen LogP contribution in [0.4, 0.5) is 0 Å². The molecule has 3 unspecified atom stereocenters. The number of unbranched alkanes of at least 4 members (excludes halogenated alkanes) is 14. The van der Waals surface area contributed by atoms with E-state index in [1.165, 1.54) is 83.5 Å². The molecule has 0 saturated carbocycles. The molecule has 0 radical (unpaired) electrons. The maximum Gasteiger partial charge on any atom is 0.327 e. The highest BCUT2D eigenvalue weighted by molar-refractivity contribution is 8.07. The lowest BCUT2D eigenvalue weighted by Crippen LogP contribution is -2.38. The monoisotopic (exact) mass is 448 g/mol. The number of rotatable bonds is 17. The highest BCUT2D eigenvalue weighted by atomic mass is 32.5. The van der Waals surface area contributed by atoms with Crippen molar-refractivity contribution in [3.8, 4) is 0 Å². The van der Waals surface area contributed by atoms with Gasteiger partial charge in [-0.05, 0) is 18.2 Å². The van der Waals surface area contributed by atoms with Gasteiger partial charge in [-0.2, -0.15) is 0 Å². The van der Waals surface area contributed by atoms with Gasteiger partial charge in [-0.15, -0.1) is 0 Å². The maximum absolute atomic E-state index is 12.0. The van der Waals surface area contributed by atoms with Crippen LogP contribution < -0.4 is 0 Å². The average molecular weight is 449 g/mol. The van der Waals surface area contributed by atoms with Crippen LogP contribution in [-0.4, -0.2) is 31.4 Å². The maximum atomic E-state index is 12.0. The minimum Gasteiger partial charge on any atom is -0.457 e. The van der Waals surface area contributed by atoms with Crippen LogP contribution in [-0.2, 0) is 34.9 Å². The van der Waals surface area contributed by atoms with E-state index in [1.807, 2.05) is 0 Å². The Labute approximate surface area is 182 Å². The van der Waals surface area contributed by atoms with Gasteiger partial charge >= 0.3 is 12.7 Å². The van der Waals surface area contributed by atoms with Crippen molar-refractivity contribution in [3.05, 3.63) is 0 Å². The number of carbonyl (C=O) groups is 1. The molecule has 2 bridgehead atoms. The molecule has 3 atom stereocenters. The second-order valence-electron chi connectivity index (χ2n) is 8.41. The summed E-state index contributed by atoms with van der Waals surface area (Å²) in [5.74, 6) is -0.168. The first-order chi connectivity index (χ1) is 14.1. The standard InChI is InChI=1S/C22H41O5PS/c1-2-3-4-5-6-7-8-9-10-11-12-13-14-15-16-17-22(23)26-20-18-24-28(29)25-19-21(20)27-28/h20-21H,2-19H2,1H3. The van der Waals surface area contributed by atoms with E-state index in [4.69, 9.17) is 30.1 Å². The summed E-state index contributed by atoms with van der Waals surface area (Å²) in [7, 11) is 0. The van der Waals surface area contributed by atoms with E-state index < -0.39 is 6.72 Å². The molecular formula is C22H41O5PS. The number of ether oxygens (including phenoxy) is 1. The summed E-state index contributed by atoms with van der Waals surface area (Å²) >= 11 is 5.14. The second kappa shape index (κ2) is 14.9. The van der Waals surface area contributed by atoms with Gasteiger partial charge in [-0.25, -0.2) is 0 Å². The first-order valence-corrected chi connectivity index (χ1v) is 14.5. The van der Waals surface area contributed by atoms with Gasteiger partial charge in [0.1, 0.15) is 6.10 Å². The summed E-state index contributed by atoms with van der Waals surface area (Å²) in [6, 6.07) is 0. The summed E-state index contributed by atoms with van der Waals surface area (Å²) in [5.41, 5.74) is 0. The quantitative estimate of drug-likeness (QED) is 0.138. The number of fused-ring (bicyclic) bond motifs is 2. The van der Waals surface area contributed by atoms with Crippen LogP contribution >= 0.6 is 6.72 Å². The minimum atomic E-state index is -2.51. The van der Waals surface area contributed by atoms with E-state index >= 15 is 0 Å². The van der Waals surface area contributed by atoms with Crippen LogP contribution in [0.3, 0.4) is 0 Å². The van der Waals surface area contributed by atoms with Crippen molar-refractivity contribution in [1.29, 1.82) is 0 Å². The smallest absolute Gasteiger partial charge is 0.327 e. The van der Waals surface area contributed by atoms with Crippen LogP contribution in [0.15, 0.2) is 0 Å². The van der Waals surface area contributed by atoms with Crippen LogP contribution in [0.2, 0.25) is 0 Å². The Morgan fingerprint density at radius 3 is 1.86 bits per heavy atom. The number of carbonyl (C=O) groups excluding carboxylic acids is 1. The lowest BCUT2D eigenvalue weighted by atomic mass is 10.0. The predicted molar refractivity (Wildman–Crippen MR) is 120 cm³/mol. The van der Waals surface area contributed by atoms with Gasteiger partial charge in [0.25, 0.3) is 0 Å². The molecule has 0 aromatic heterocycles. The molecule has 0 spiro atoms. The van der Waals surface area contributed by atoms with Gasteiger partial charge in [0, 0.05) is 6.42 Å². The first kappa shape index (κ1) is 25.3. The van der Waals surface area contributed by atoms with Crippen molar-refractivity contribution in [3.63, 3.8) is 0 Å². The number of esters is 1. The van der Waals surface area contributed by atoms with Gasteiger partial charge in [0.2, 0.25) is 0 Å². The largest absolute Gasteiger partial charge is 0.457 e. The van der Waals surface area contributed by atoms with Gasteiger partial charge < -0.3 is 13.8 Å². The third kappa shape index (κ3) is 10.7. The lowest BCUT2D eigenvalue weighted by Gasteiger charge is -2.27. The van der Waals surface area contributed by atoms with Gasteiger partial charge in [-0.1, -0.05) is 96.8 Å². The van der Waals surface area contributed by atoms with Gasteiger partial charge in [0.15, 0.2) is 6.10 Å². The first-order valence-electron chi connectivity index (χ1n) is 11.9. The fourth-order valence-corrected chi connectivity index (χ4v) is 5.97. The SMILES string of the molecule is CCCCCCCCCCCCCCCCCC(=O)OC1COP2(=S)OCC1O2. The van der Waals surface area contributed by atoms with Crippen LogP contribution in [0.1, 0.15) is 110 Å². The van der Waals surface area contributed by atoms with Crippen molar-refractivity contribution in [2.24, 2.45) is 0 Å². The van der Waals surface area contributed by atoms with E-state index in [2.05, 4.69) is 6.92 Å². The Hall–Kier alpha value is -0.0000000000000000694. The third-order valence-electron chi connectivity index (χ3n) is 5.74. The average Bonchev–Trinajstić information content (AvgIpc) is 3.03. The summed E-state index contributed by atoms with van der Waals surface area (Å²) in [4.78, 5) is 12.0. The predicted octanol–water partition coefficient (Wildman–Crippen LogP) is 6.83. The molecule has 2 heterocycles. The molecule has 29 heavy (non-hydrogen) atoms. The Balaban J connectivity index is 1.32. The summed E-state index contributed by atoms with van der Waals surface area (Å²) in [6.07, 6.45) is 19.6. The molecule has 2 fully saturated rings. The Morgan fingerprint density at radius 1 is 0.828 bits per heavy atom. The van der Waals surface area contributed by atoms with Crippen molar-refractivity contribution < 1.29 is 23.1 Å². The number of hydrogen-bond donors (Lipinski definition) is 0. The highest BCUT2D eigenvalue weighted by Crippen LogP contribution is 2.58. The summed E-state index contributed by atoms with van der Waals surface area (Å²) < 4.78 is 21.8. The zero-order chi connectivity index (χ0) is 20.8. The van der Waals surface area contributed by atoms with Crippen LogP contribution in [0, 0.1) is 0 Å². The van der Waals surface area contributed by atoms with Crippen molar-refractivity contribution in [2.75, 3.05) is 13.2 Å². The fraction of sp³-hybridized carbons (Fsp3) is 0.955. The van der Waals surface area contributed by atoms with E-state index in [1.54, 1.807) is 0 Å². The molecular weight excluding hydrogens is 407 g/mol. The topological polar surface area (TPSA) is 54.0 Å². The molecule has 2 rings (SSSR count). The molecule has 0 aromatic rings. The third-order valence-corrected chi connectivity index (χ3v) is 8.09. The van der Waals surface area contributed by atoms with Gasteiger partial charge in [-0.3, -0.25) is 9.32 Å². The van der Waals surface area contributed by atoms with Crippen molar-refractivity contribution in [2.45, 2.75) is 122 Å². The summed E-state index contributed by atoms with van der Waals surface area (Å²) in [5, 5.41) is 0. The minimum absolute atomic E-state index is 0.168. The van der Waals surface area contributed by atoms with Crippen LogP contribution in [0.5, 0.6) is 0 Å². The van der Waals surface area contributed by atoms with E-state index in [-0.39, 0.29) is 18.2 Å². The Kier molecular flexibility index (Phi) is 13.0. The molecule has 2 aliphatic heterocycles. The zero-order valence-corrected chi connectivity index (χ0v) is 20.0. The molecule has 0 aromatic carbocycles. The number of hydrogen-bond acceptors (Lipinski definition) is 6. The van der Waals surface area contributed by atoms with E-state index in [0.29, 0.717) is 19.6 Å². The fourth-order valence-electron chi connectivity index (χ4n) is 3.88. The second-order valence-corrected chi connectivity index (χ2v) is 11.4. The molecule has 5 nitrogen and oxygen atoms in total. The molecule has 7 heteroatoms. The molecule has 2 aliphatic rings. The van der Waals surface area contributed by atoms with E-state index in [0.717, 1.165) is 12.8 Å². The zero-order valence-electron chi connectivity index (χ0n) is 18.3. The van der Waals surface area contributed by atoms with Crippen LogP contribution in [0.25, 0.3) is 0 Å². The molecule has 0 N–H and O–H groups in total. The Bertz CT molecular complexity index is 502. The molecule has 0 amide bonds. The highest BCUT2D eigenvalue weighted by Gasteiger charge is 2.45. The normalized spacial score (nSPS) is 26.0. The van der Waals surface area contributed by atoms with Crippen molar-refractivity contribution >= 4 is 24.5 Å². The van der Waals surface area contributed by atoms with Gasteiger partial charge in [0.05, 0.1) is 13.2 Å². The summed E-state index contributed by atoms with van der Waals surface area (Å²) in [6.45, 7) is 0.427. The Morgan fingerprint density at radius 2 is 1.31 bits per heavy atom. The molecule has 2 saturated heterocycles. The van der Waals surface area contributed by atoms with Crippen molar-refractivity contribution in [1.82, 2.24) is 0 Å². The lowest BCUT2D eigenvalue weighted by molar-refractivity contribution is -0.157. The molecule has 0 aliphatic carbocycles.